The van der Waals surface area contributed by atoms with Crippen LogP contribution in [0.2, 0.25) is 0 Å². The number of nitrogens with one attached hydrogen (secondary N) is 4. The summed E-state index contributed by atoms with van der Waals surface area (Å²) in [6, 6.07) is 63.9. The van der Waals surface area contributed by atoms with E-state index in [9.17, 15) is 77.9 Å². The van der Waals surface area contributed by atoms with Gasteiger partial charge in [-0.2, -0.15) is 39.5 Å². The number of hydrogen-bond donors (Lipinski definition) is 4. The van der Waals surface area contributed by atoms with Gasteiger partial charge < -0.3 is 21.3 Å². The van der Waals surface area contributed by atoms with Crippen LogP contribution in [-0.4, -0.2) is 97.1 Å². The highest BCUT2D eigenvalue weighted by Crippen LogP contribution is 2.55. The van der Waals surface area contributed by atoms with Crippen LogP contribution in [0.1, 0.15) is 153 Å². The summed E-state index contributed by atoms with van der Waals surface area (Å²) >= 11 is 3.37. The van der Waals surface area contributed by atoms with Gasteiger partial charge in [0.05, 0.1) is 95.2 Å². The van der Waals surface area contributed by atoms with Gasteiger partial charge in [0, 0.05) is 89.1 Å². The second kappa shape index (κ2) is 40.2. The molecule has 10 heterocycles. The lowest BCUT2D eigenvalue weighted by Crippen LogP contribution is -2.34. The number of alkyl halides is 9. The molecule has 0 aliphatic carbocycles. The third kappa shape index (κ3) is 19.9. The molecule has 0 unspecified atom stereocenters. The van der Waals surface area contributed by atoms with Gasteiger partial charge in [0.1, 0.15) is 5.82 Å². The predicted molar refractivity (Wildman–Crippen MR) is 546 cm³/mol. The third-order valence-corrected chi connectivity index (χ3v) is 26.4. The molecule has 0 saturated carbocycles. The van der Waals surface area contributed by atoms with E-state index in [2.05, 4.69) is 87.0 Å². The molecule has 4 N–H and O–H groups in total. The third-order valence-electron chi connectivity index (χ3n) is 25.6. The molecule has 0 bridgehead atoms. The van der Waals surface area contributed by atoms with Gasteiger partial charge in [-0.05, 0) is 276 Å². The predicted octanol–water partition coefficient (Wildman–Crippen LogP) is 24.9. The number of aryl methyl sites for hydroxylation is 3. The average Bonchev–Trinajstić information content (AvgIpc) is 1.58. The number of carbonyl (C=O) groups is 8. The van der Waals surface area contributed by atoms with Gasteiger partial charge >= 0.3 is 18.5 Å². The Morgan fingerprint density at radius 3 is 1.03 bits per heavy atom. The molecule has 148 heavy (non-hydrogen) atoms. The van der Waals surface area contributed by atoms with Crippen LogP contribution in [0.4, 0.5) is 109 Å². The highest BCUT2D eigenvalue weighted by atomic mass is 79.9. The van der Waals surface area contributed by atoms with Crippen molar-refractivity contribution in [2.75, 3.05) is 40.9 Å². The standard InChI is InChI=1S/C29H22BrF3N4O2.C28H21F3N4O2.C28H25N5O2.C27H20F3N5O2/c1-16-8-10-18(15-22(16)30)36-25(38)20-14-17(9-11-21(20)29(31,32)33)19-6-4-7-23-24(19)28(2,3)26(39)37(23)27-34-12-5-13-35-27;1-27(2)23-19(10-6-11-22(23)35(25(27)37)26-32-14-7-15-33-26)17-12-13-21(28(29,30)31)20(16-17)24(36)34-18-8-4-3-5-9-18;1-17-8-10-20(11-9-17)32-26(34)22-14-19(15-31-18(22)2)21-6-5-7-23-25(21)28(3,4)27(35)33(23)24-16-29-12-13-30-24;1-26(2)22-17(7-5-8-20(22)35(24(26)37)25-32-13-6-14-33-25)16-10-11-19(27(28,29)30)18(15-16)23(36)34-21-9-3-4-12-31-21/h4-15H,1-3H3,(H,36,38);3-16H,1-2H3,(H,34,36);5-16H,1-4H3,(H,32,34);3-15H,1-2H3,(H,31,34,36). The van der Waals surface area contributed by atoms with Crippen LogP contribution in [0.3, 0.4) is 0 Å². The highest BCUT2D eigenvalue weighted by molar-refractivity contribution is 9.10. The van der Waals surface area contributed by atoms with Crippen LogP contribution < -0.4 is 40.9 Å². The maximum Gasteiger partial charge on any atom is 0.417 e. The molecule has 0 atom stereocenters. The van der Waals surface area contributed by atoms with Crippen molar-refractivity contribution in [3.8, 4) is 44.5 Å². The van der Waals surface area contributed by atoms with E-state index in [1.807, 2.05) is 83.1 Å². The molecule has 10 aromatic carbocycles. The minimum Gasteiger partial charge on any atom is -0.322 e. The van der Waals surface area contributed by atoms with Crippen LogP contribution in [0.25, 0.3) is 44.5 Å². The molecular weight excluding hydrogens is 1980 g/mol. The van der Waals surface area contributed by atoms with E-state index in [4.69, 9.17) is 0 Å². The fourth-order valence-electron chi connectivity index (χ4n) is 18.3. The number of fused-ring (bicyclic) bond motifs is 4. The quantitative estimate of drug-likeness (QED) is 0.0653. The zero-order chi connectivity index (χ0) is 106. The lowest BCUT2D eigenvalue weighted by Gasteiger charge is -2.21. The Kier molecular flexibility index (Phi) is 27.7. The molecule has 8 amide bonds. The van der Waals surface area contributed by atoms with E-state index in [0.29, 0.717) is 100 Å². The molecular formula is C112H88BrF9N18O8. The Labute approximate surface area is 850 Å². The minimum absolute atomic E-state index is 0.0853. The van der Waals surface area contributed by atoms with Crippen LogP contribution in [0.15, 0.2) is 315 Å². The smallest absolute Gasteiger partial charge is 0.322 e. The van der Waals surface area contributed by atoms with Crippen molar-refractivity contribution in [3.63, 3.8) is 0 Å². The van der Waals surface area contributed by atoms with Crippen LogP contribution in [0.5, 0.6) is 0 Å². The molecule has 0 spiro atoms. The summed E-state index contributed by atoms with van der Waals surface area (Å²) < 4.78 is 126. The first-order valence-corrected chi connectivity index (χ1v) is 46.8. The summed E-state index contributed by atoms with van der Waals surface area (Å²) in [5, 5.41) is 10.5. The van der Waals surface area contributed by atoms with Crippen LogP contribution >= 0.6 is 15.9 Å². The zero-order valence-corrected chi connectivity index (χ0v) is 82.3. The SMILES string of the molecule is CC1(C)C(=O)N(c2ncccn2)c2cccc(-c3ccc(C(F)(F)F)c(C(=O)Nc4ccccc4)c3)c21.CC1(C)C(=O)N(c2ncccn2)c2cccc(-c3ccc(C(F)(F)F)c(C(=O)Nc4ccccn4)c3)c21.Cc1ccc(NC(=O)c2cc(-c3cccc4c3C(C)(C)C(=O)N4c3cnccn3)cnc2C)cc1.Cc1ccc(NC(=O)c2cc(-c3cccc4c3C(C)(C)C(=O)N4c3ncccn3)ccc2C(F)(F)F)cc1Br. The number of pyridine rings is 2. The Hall–Kier alpha value is -17.6. The Balaban J connectivity index is 0.000000135. The second-order valence-electron chi connectivity index (χ2n) is 36.9. The van der Waals surface area contributed by atoms with Gasteiger partial charge in [0.25, 0.3) is 23.6 Å². The van der Waals surface area contributed by atoms with Crippen LogP contribution in [0, 0.1) is 20.8 Å². The molecule has 0 saturated heterocycles. The summed E-state index contributed by atoms with van der Waals surface area (Å²) in [5.74, 6) is -2.68. The van der Waals surface area contributed by atoms with E-state index >= 15 is 0 Å². The zero-order valence-electron chi connectivity index (χ0n) is 80.8. The van der Waals surface area contributed by atoms with Crippen molar-refractivity contribution >= 4 is 132 Å². The van der Waals surface area contributed by atoms with Crippen molar-refractivity contribution < 1.29 is 77.9 Å². The average molecular weight is 2060 g/mol. The molecule has 26 nitrogen and oxygen atoms in total. The molecule has 0 radical (unpaired) electrons. The molecule has 0 fully saturated rings. The summed E-state index contributed by atoms with van der Waals surface area (Å²) in [6.45, 7) is 19.9. The highest BCUT2D eigenvalue weighted by Gasteiger charge is 2.53. The maximum absolute atomic E-state index is 14.0. The number of amides is 8. The molecule has 744 valence electrons. The van der Waals surface area contributed by atoms with Gasteiger partial charge in [-0.1, -0.05) is 131 Å². The van der Waals surface area contributed by atoms with E-state index in [-0.39, 0.29) is 53.2 Å². The molecule has 4 aliphatic rings. The molecule has 4 aliphatic heterocycles. The summed E-state index contributed by atoms with van der Waals surface area (Å²) in [6.07, 6.45) is 2.79. The van der Waals surface area contributed by atoms with Gasteiger partial charge in [0.15, 0.2) is 5.82 Å². The van der Waals surface area contributed by atoms with Crippen molar-refractivity contribution in [2.45, 2.75) is 116 Å². The number of para-hydroxylation sites is 1. The first kappa shape index (κ1) is 102. The topological polar surface area (TPSA) is 327 Å². The number of anilines is 12. The summed E-state index contributed by atoms with van der Waals surface area (Å²) in [7, 11) is 0. The van der Waals surface area contributed by atoms with Gasteiger partial charge in [-0.15, -0.1) is 0 Å². The van der Waals surface area contributed by atoms with E-state index in [0.717, 1.165) is 57.4 Å². The first-order valence-electron chi connectivity index (χ1n) is 46.0. The normalized spacial score (nSPS) is 14.3. The fourth-order valence-corrected chi connectivity index (χ4v) is 18.7. The van der Waals surface area contributed by atoms with Crippen LogP contribution in [-0.2, 0) is 59.4 Å². The van der Waals surface area contributed by atoms with Crippen molar-refractivity contribution in [3.05, 3.63) is 393 Å². The second-order valence-corrected chi connectivity index (χ2v) is 37.8. The van der Waals surface area contributed by atoms with Gasteiger partial charge in [0.2, 0.25) is 41.5 Å². The lowest BCUT2D eigenvalue weighted by atomic mass is 9.81. The van der Waals surface area contributed by atoms with E-state index in [1.54, 1.807) is 205 Å². The van der Waals surface area contributed by atoms with Crippen molar-refractivity contribution in [1.82, 2.24) is 49.8 Å². The molecule has 36 heteroatoms. The largest absolute Gasteiger partial charge is 0.417 e. The molecule has 20 rings (SSSR count). The summed E-state index contributed by atoms with van der Waals surface area (Å²) in [4.78, 5) is 154. The number of nitrogens with zero attached hydrogens (tertiary/aromatic N) is 14. The number of rotatable bonds is 16. The Morgan fingerprint density at radius 2 is 0.649 bits per heavy atom. The maximum atomic E-state index is 14.0. The van der Waals surface area contributed by atoms with Gasteiger partial charge in [-0.3, -0.25) is 53.2 Å². The van der Waals surface area contributed by atoms with Crippen molar-refractivity contribution in [2.24, 2.45) is 0 Å². The number of aromatic nitrogens is 10. The number of carbonyl (C=O) groups excluding carboxylic acids is 8. The number of benzene rings is 10. The Bertz CT molecular complexity index is 7700. The van der Waals surface area contributed by atoms with E-state index in [1.165, 1.54) is 101 Å². The number of hydrogen-bond acceptors (Lipinski definition) is 18. The molecule has 6 aromatic heterocycles. The van der Waals surface area contributed by atoms with Gasteiger partial charge in [-0.25, -0.2) is 54.6 Å². The Morgan fingerprint density at radius 1 is 0.304 bits per heavy atom. The monoisotopic (exact) mass is 2060 g/mol. The van der Waals surface area contributed by atoms with Crippen molar-refractivity contribution in [1.29, 1.82) is 0 Å². The summed E-state index contributed by atoms with van der Waals surface area (Å²) in [5.41, 5.74) is 5.23. The first-order chi connectivity index (χ1) is 70.3. The minimum atomic E-state index is -4.76. The number of halogens is 10. The van der Waals surface area contributed by atoms with E-state index < -0.39 is 91.3 Å². The lowest BCUT2D eigenvalue weighted by molar-refractivity contribution is -0.138. The molecule has 16 aromatic rings. The fraction of sp³-hybridized carbons (Fsp3) is 0.161.